The van der Waals surface area contributed by atoms with Gasteiger partial charge >= 0.3 is 6.03 Å². The van der Waals surface area contributed by atoms with Gasteiger partial charge < -0.3 is 0 Å². The van der Waals surface area contributed by atoms with Crippen molar-refractivity contribution in [3.63, 3.8) is 0 Å². The van der Waals surface area contributed by atoms with Gasteiger partial charge in [-0.25, -0.2) is 13.6 Å². The predicted molar refractivity (Wildman–Crippen MR) is 90.7 cm³/mol. The van der Waals surface area contributed by atoms with Gasteiger partial charge in [0, 0.05) is 24.7 Å². The third-order valence-corrected chi connectivity index (χ3v) is 3.88. The molecule has 0 aliphatic rings. The molecule has 2 aromatic rings. The Balaban J connectivity index is 2.30. The number of thiol groups is 1. The number of hydrogen-bond donors (Lipinski definition) is 1. The fourth-order valence-electron chi connectivity index (χ4n) is 2.30. The smallest absolute Gasteiger partial charge is 0.297 e. The molecule has 0 fully saturated rings. The molecule has 0 saturated carbocycles. The lowest BCUT2D eigenvalue weighted by Gasteiger charge is -2.25. The number of hydrogen-bond acceptors (Lipinski definition) is 3. The van der Waals surface area contributed by atoms with E-state index in [1.807, 2.05) is 0 Å². The Labute approximate surface area is 144 Å². The molecule has 7 heteroatoms. The Morgan fingerprint density at radius 3 is 2.17 bits per heavy atom. The van der Waals surface area contributed by atoms with E-state index < -0.39 is 29.1 Å². The molecular formula is C17H16F2N2O2S. The molecule has 0 aliphatic heterocycles. The van der Waals surface area contributed by atoms with Gasteiger partial charge in [0.15, 0.2) is 0 Å². The number of rotatable bonds is 2. The van der Waals surface area contributed by atoms with Crippen LogP contribution in [0.1, 0.15) is 15.9 Å². The average Bonchev–Trinajstić information content (AvgIpc) is 2.52. The first kappa shape index (κ1) is 17.9. The van der Waals surface area contributed by atoms with E-state index in [0.29, 0.717) is 10.6 Å². The van der Waals surface area contributed by atoms with Gasteiger partial charge in [-0.05, 0) is 42.8 Å². The van der Waals surface area contributed by atoms with Crippen LogP contribution in [0.4, 0.5) is 19.3 Å². The standard InChI is InChI=1S/C17H16F2N2O2S/c1-10-9-11(24)7-8-14(10)20(2)17(23)21(3)16(22)15-12(18)5-4-6-13(15)19/h4-9,24H,1-3H3. The van der Waals surface area contributed by atoms with Gasteiger partial charge in [-0.3, -0.25) is 14.6 Å². The van der Waals surface area contributed by atoms with Crippen molar-refractivity contribution >= 4 is 30.3 Å². The van der Waals surface area contributed by atoms with Crippen LogP contribution in [0.5, 0.6) is 0 Å². The van der Waals surface area contributed by atoms with Gasteiger partial charge in [0.05, 0.1) is 0 Å². The highest BCUT2D eigenvalue weighted by Gasteiger charge is 2.27. The second-order valence-electron chi connectivity index (χ2n) is 5.27. The summed E-state index contributed by atoms with van der Waals surface area (Å²) in [6.07, 6.45) is 0. The van der Waals surface area contributed by atoms with E-state index in [0.717, 1.165) is 28.7 Å². The van der Waals surface area contributed by atoms with Crippen LogP contribution in [0.2, 0.25) is 0 Å². The Morgan fingerprint density at radius 1 is 1.04 bits per heavy atom. The maximum Gasteiger partial charge on any atom is 0.330 e. The van der Waals surface area contributed by atoms with Crippen LogP contribution in [-0.2, 0) is 0 Å². The lowest BCUT2D eigenvalue weighted by atomic mass is 10.1. The molecule has 0 atom stereocenters. The van der Waals surface area contributed by atoms with Gasteiger partial charge in [0.1, 0.15) is 17.2 Å². The van der Waals surface area contributed by atoms with Crippen LogP contribution in [0.25, 0.3) is 0 Å². The summed E-state index contributed by atoms with van der Waals surface area (Å²) in [5.41, 5.74) is 0.576. The molecule has 24 heavy (non-hydrogen) atoms. The molecule has 126 valence electrons. The number of benzene rings is 2. The molecule has 0 spiro atoms. The van der Waals surface area contributed by atoms with E-state index >= 15 is 0 Å². The number of carbonyl (C=O) groups excluding carboxylic acids is 2. The second-order valence-corrected chi connectivity index (χ2v) is 5.79. The van der Waals surface area contributed by atoms with Crippen molar-refractivity contribution < 1.29 is 18.4 Å². The van der Waals surface area contributed by atoms with Gasteiger partial charge in [-0.1, -0.05) is 6.07 Å². The lowest BCUT2D eigenvalue weighted by Crippen LogP contribution is -2.43. The maximum atomic E-state index is 13.7. The number of urea groups is 1. The quantitative estimate of drug-likeness (QED) is 0.835. The summed E-state index contributed by atoms with van der Waals surface area (Å²) in [6, 6.07) is 7.52. The third kappa shape index (κ3) is 3.41. The molecule has 0 unspecified atom stereocenters. The molecule has 4 nitrogen and oxygen atoms in total. The van der Waals surface area contributed by atoms with Crippen molar-refractivity contribution in [2.24, 2.45) is 0 Å². The highest BCUT2D eigenvalue weighted by atomic mass is 32.1. The van der Waals surface area contributed by atoms with E-state index in [-0.39, 0.29) is 0 Å². The normalized spacial score (nSPS) is 10.4. The molecule has 0 heterocycles. The predicted octanol–water partition coefficient (Wildman–Crippen LogP) is 3.89. The molecule has 0 bridgehead atoms. The van der Waals surface area contributed by atoms with Crippen molar-refractivity contribution in [2.45, 2.75) is 11.8 Å². The molecule has 2 rings (SSSR count). The minimum Gasteiger partial charge on any atom is -0.297 e. The third-order valence-electron chi connectivity index (χ3n) is 3.60. The molecular weight excluding hydrogens is 334 g/mol. The van der Waals surface area contributed by atoms with Gasteiger partial charge in [0.25, 0.3) is 5.91 Å². The summed E-state index contributed by atoms with van der Waals surface area (Å²) in [6.45, 7) is 1.79. The molecule has 0 radical (unpaired) electrons. The summed E-state index contributed by atoms with van der Waals surface area (Å²) in [4.78, 5) is 27.4. The van der Waals surface area contributed by atoms with E-state index in [1.54, 1.807) is 25.1 Å². The number of anilines is 1. The zero-order valence-electron chi connectivity index (χ0n) is 13.4. The van der Waals surface area contributed by atoms with Crippen LogP contribution in [0, 0.1) is 18.6 Å². The zero-order chi connectivity index (χ0) is 18.0. The Kier molecular flexibility index (Phi) is 5.23. The van der Waals surface area contributed by atoms with E-state index in [9.17, 15) is 18.4 Å². The fraction of sp³-hybridized carbons (Fsp3) is 0.176. The summed E-state index contributed by atoms with van der Waals surface area (Å²) in [7, 11) is 2.65. The Bertz CT molecular complexity index is 791. The molecule has 0 aromatic heterocycles. The highest BCUT2D eigenvalue weighted by Crippen LogP contribution is 2.23. The molecule has 0 saturated heterocycles. The topological polar surface area (TPSA) is 40.6 Å². The SMILES string of the molecule is Cc1cc(S)ccc1N(C)C(=O)N(C)C(=O)c1c(F)cccc1F. The van der Waals surface area contributed by atoms with Crippen LogP contribution >= 0.6 is 12.6 Å². The largest absolute Gasteiger partial charge is 0.330 e. The molecule has 0 aliphatic carbocycles. The highest BCUT2D eigenvalue weighted by molar-refractivity contribution is 7.80. The first-order valence-electron chi connectivity index (χ1n) is 7.03. The van der Waals surface area contributed by atoms with E-state index in [1.165, 1.54) is 19.0 Å². The van der Waals surface area contributed by atoms with Crippen molar-refractivity contribution in [3.05, 3.63) is 59.2 Å². The summed E-state index contributed by atoms with van der Waals surface area (Å²) in [5, 5.41) is 0. The second kappa shape index (κ2) is 7.00. The van der Waals surface area contributed by atoms with Gasteiger partial charge in [-0.15, -0.1) is 12.6 Å². The minimum atomic E-state index is -1.05. The summed E-state index contributed by atoms with van der Waals surface area (Å²) < 4.78 is 27.5. The molecule has 2 aromatic carbocycles. The number of aryl methyl sites for hydroxylation is 1. The fourth-order valence-corrected chi connectivity index (χ4v) is 2.57. The van der Waals surface area contributed by atoms with Crippen molar-refractivity contribution in [1.29, 1.82) is 0 Å². The van der Waals surface area contributed by atoms with Crippen molar-refractivity contribution in [3.8, 4) is 0 Å². The zero-order valence-corrected chi connectivity index (χ0v) is 14.3. The summed E-state index contributed by atoms with van der Waals surface area (Å²) >= 11 is 4.21. The Hall–Kier alpha value is -2.41. The van der Waals surface area contributed by atoms with Crippen molar-refractivity contribution in [1.82, 2.24) is 4.90 Å². The Morgan fingerprint density at radius 2 is 1.62 bits per heavy atom. The number of halogens is 2. The first-order chi connectivity index (χ1) is 11.2. The number of carbonyl (C=O) groups is 2. The average molecular weight is 350 g/mol. The van der Waals surface area contributed by atoms with Crippen molar-refractivity contribution in [2.75, 3.05) is 19.0 Å². The number of amides is 3. The van der Waals surface area contributed by atoms with E-state index in [4.69, 9.17) is 0 Å². The number of imide groups is 1. The van der Waals surface area contributed by atoms with E-state index in [2.05, 4.69) is 12.6 Å². The minimum absolute atomic E-state index is 0.562. The van der Waals surface area contributed by atoms with Crippen LogP contribution in [-0.4, -0.2) is 30.9 Å². The lowest BCUT2D eigenvalue weighted by molar-refractivity contribution is 0.0827. The van der Waals surface area contributed by atoms with Gasteiger partial charge in [-0.2, -0.15) is 0 Å². The monoisotopic (exact) mass is 350 g/mol. The molecule has 3 amide bonds. The number of nitrogens with zero attached hydrogens (tertiary/aromatic N) is 2. The summed E-state index contributed by atoms with van der Waals surface area (Å²) in [5.74, 6) is -3.08. The maximum absolute atomic E-state index is 13.7. The first-order valence-corrected chi connectivity index (χ1v) is 7.48. The molecule has 0 N–H and O–H groups in total. The van der Waals surface area contributed by atoms with Crippen LogP contribution in [0.15, 0.2) is 41.3 Å². The van der Waals surface area contributed by atoms with Gasteiger partial charge in [0.2, 0.25) is 0 Å². The van der Waals surface area contributed by atoms with Crippen LogP contribution in [0.3, 0.4) is 0 Å². The van der Waals surface area contributed by atoms with Crippen LogP contribution < -0.4 is 4.90 Å².